The van der Waals surface area contributed by atoms with Gasteiger partial charge in [-0.2, -0.15) is 0 Å². The zero-order valence-electron chi connectivity index (χ0n) is 9.43. The lowest BCUT2D eigenvalue weighted by atomic mass is 10.2. The van der Waals surface area contributed by atoms with Crippen LogP contribution in [-0.2, 0) is 6.61 Å². The first kappa shape index (κ1) is 11.4. The van der Waals surface area contributed by atoms with Crippen molar-refractivity contribution in [2.24, 2.45) is 0 Å². The summed E-state index contributed by atoms with van der Waals surface area (Å²) in [7, 11) is 0. The van der Waals surface area contributed by atoms with Crippen molar-refractivity contribution < 1.29 is 14.3 Å². The van der Waals surface area contributed by atoms with Gasteiger partial charge in [0.25, 0.3) is 5.91 Å². The second-order valence-corrected chi connectivity index (χ2v) is 3.75. The molecule has 1 aromatic heterocycles. The molecule has 0 atom stereocenters. The number of nitrogens with one attached hydrogen (secondary N) is 1. The van der Waals surface area contributed by atoms with Crippen molar-refractivity contribution >= 4 is 11.6 Å². The number of carbonyl (C=O) groups is 1. The van der Waals surface area contributed by atoms with E-state index in [4.69, 9.17) is 9.52 Å². The molecule has 0 fully saturated rings. The van der Waals surface area contributed by atoms with Crippen LogP contribution in [0.1, 0.15) is 21.7 Å². The summed E-state index contributed by atoms with van der Waals surface area (Å²) in [4.78, 5) is 11.8. The maximum atomic E-state index is 11.8. The van der Waals surface area contributed by atoms with Gasteiger partial charge >= 0.3 is 0 Å². The van der Waals surface area contributed by atoms with Crippen molar-refractivity contribution in [3.05, 3.63) is 53.5 Å². The van der Waals surface area contributed by atoms with Crippen LogP contribution in [0.4, 0.5) is 5.69 Å². The molecule has 0 aliphatic rings. The molecular formula is C13H13NO3. The summed E-state index contributed by atoms with van der Waals surface area (Å²) in [5.74, 6) is 0.0157. The van der Waals surface area contributed by atoms with Gasteiger partial charge in [0.2, 0.25) is 0 Å². The SMILES string of the molecule is Cc1ccoc1C(=O)Nc1cccc(CO)c1. The zero-order valence-corrected chi connectivity index (χ0v) is 9.43. The molecule has 0 aliphatic heterocycles. The number of hydrogen-bond acceptors (Lipinski definition) is 3. The van der Waals surface area contributed by atoms with E-state index in [1.807, 2.05) is 6.92 Å². The van der Waals surface area contributed by atoms with Gasteiger partial charge in [0.15, 0.2) is 5.76 Å². The minimum Gasteiger partial charge on any atom is -0.459 e. The molecule has 0 radical (unpaired) electrons. The number of amides is 1. The molecule has 1 amide bonds. The van der Waals surface area contributed by atoms with Crippen LogP contribution in [-0.4, -0.2) is 11.0 Å². The summed E-state index contributed by atoms with van der Waals surface area (Å²) in [6.07, 6.45) is 1.48. The Kier molecular flexibility index (Phi) is 3.25. The zero-order chi connectivity index (χ0) is 12.3. The molecule has 0 saturated carbocycles. The number of aliphatic hydroxyl groups excluding tert-OH is 1. The minimum atomic E-state index is -0.289. The molecule has 4 nitrogen and oxygen atoms in total. The molecule has 17 heavy (non-hydrogen) atoms. The molecule has 1 aromatic carbocycles. The Balaban J connectivity index is 2.16. The first-order valence-electron chi connectivity index (χ1n) is 5.26. The number of carbonyl (C=O) groups excluding carboxylic acids is 1. The average Bonchev–Trinajstić information content (AvgIpc) is 2.76. The predicted octanol–water partition coefficient (Wildman–Crippen LogP) is 2.33. The third kappa shape index (κ3) is 2.54. The Morgan fingerprint density at radius 1 is 1.41 bits per heavy atom. The van der Waals surface area contributed by atoms with Gasteiger partial charge in [0.1, 0.15) is 0 Å². The van der Waals surface area contributed by atoms with Gasteiger partial charge in [-0.1, -0.05) is 12.1 Å². The van der Waals surface area contributed by atoms with Crippen molar-refractivity contribution in [1.82, 2.24) is 0 Å². The summed E-state index contributed by atoms with van der Waals surface area (Å²) in [6, 6.07) is 8.77. The van der Waals surface area contributed by atoms with Gasteiger partial charge in [-0.05, 0) is 30.7 Å². The average molecular weight is 231 g/mol. The van der Waals surface area contributed by atoms with E-state index in [0.717, 1.165) is 11.1 Å². The predicted molar refractivity (Wildman–Crippen MR) is 63.8 cm³/mol. The number of rotatable bonds is 3. The maximum absolute atomic E-state index is 11.8. The van der Waals surface area contributed by atoms with Crippen LogP contribution in [0.15, 0.2) is 41.0 Å². The minimum absolute atomic E-state index is 0.0521. The number of furan rings is 1. The molecule has 2 aromatic rings. The van der Waals surface area contributed by atoms with Crippen LogP contribution in [0.2, 0.25) is 0 Å². The Morgan fingerprint density at radius 3 is 2.88 bits per heavy atom. The van der Waals surface area contributed by atoms with Crippen LogP contribution in [0, 0.1) is 6.92 Å². The highest BCUT2D eigenvalue weighted by atomic mass is 16.3. The lowest BCUT2D eigenvalue weighted by Gasteiger charge is -2.05. The molecule has 88 valence electrons. The summed E-state index contributed by atoms with van der Waals surface area (Å²) < 4.78 is 5.09. The molecule has 2 N–H and O–H groups in total. The second kappa shape index (κ2) is 4.84. The Labute approximate surface area is 98.9 Å². The van der Waals surface area contributed by atoms with E-state index < -0.39 is 0 Å². The second-order valence-electron chi connectivity index (χ2n) is 3.75. The molecule has 0 unspecified atom stereocenters. The van der Waals surface area contributed by atoms with E-state index in [1.54, 1.807) is 30.3 Å². The maximum Gasteiger partial charge on any atom is 0.291 e. The van der Waals surface area contributed by atoms with E-state index in [1.165, 1.54) is 6.26 Å². The summed E-state index contributed by atoms with van der Waals surface area (Å²) in [5.41, 5.74) is 2.18. The van der Waals surface area contributed by atoms with Gasteiger partial charge in [0, 0.05) is 11.3 Å². The highest BCUT2D eigenvalue weighted by Crippen LogP contribution is 2.14. The summed E-state index contributed by atoms with van der Waals surface area (Å²) >= 11 is 0. The van der Waals surface area contributed by atoms with E-state index in [-0.39, 0.29) is 12.5 Å². The summed E-state index contributed by atoms with van der Waals surface area (Å²) in [5, 5.41) is 11.7. The fourth-order valence-electron chi connectivity index (χ4n) is 1.54. The fraction of sp³-hybridized carbons (Fsp3) is 0.154. The molecule has 1 heterocycles. The van der Waals surface area contributed by atoms with E-state index in [9.17, 15) is 4.79 Å². The quantitative estimate of drug-likeness (QED) is 0.852. The highest BCUT2D eigenvalue weighted by molar-refractivity contribution is 6.03. The number of benzene rings is 1. The molecule has 4 heteroatoms. The molecule has 0 spiro atoms. The van der Waals surface area contributed by atoms with E-state index in [2.05, 4.69) is 5.32 Å². The Hall–Kier alpha value is -2.07. The highest BCUT2D eigenvalue weighted by Gasteiger charge is 2.12. The van der Waals surface area contributed by atoms with Gasteiger partial charge in [0.05, 0.1) is 12.9 Å². The molecule has 0 saturated heterocycles. The van der Waals surface area contributed by atoms with Crippen molar-refractivity contribution in [2.45, 2.75) is 13.5 Å². The number of anilines is 1. The molecule has 2 rings (SSSR count). The Morgan fingerprint density at radius 2 is 2.24 bits per heavy atom. The smallest absolute Gasteiger partial charge is 0.291 e. The number of aliphatic hydroxyl groups is 1. The van der Waals surface area contributed by atoms with Crippen LogP contribution in [0.3, 0.4) is 0 Å². The van der Waals surface area contributed by atoms with Crippen molar-refractivity contribution in [1.29, 1.82) is 0 Å². The number of hydrogen-bond donors (Lipinski definition) is 2. The molecule has 0 aliphatic carbocycles. The van der Waals surface area contributed by atoms with Gasteiger partial charge in [-0.15, -0.1) is 0 Å². The number of aryl methyl sites for hydroxylation is 1. The van der Waals surface area contributed by atoms with Crippen molar-refractivity contribution in [2.75, 3.05) is 5.32 Å². The topological polar surface area (TPSA) is 62.5 Å². The van der Waals surface area contributed by atoms with Crippen LogP contribution >= 0.6 is 0 Å². The monoisotopic (exact) mass is 231 g/mol. The van der Waals surface area contributed by atoms with Crippen molar-refractivity contribution in [3.63, 3.8) is 0 Å². The van der Waals surface area contributed by atoms with Crippen LogP contribution < -0.4 is 5.32 Å². The van der Waals surface area contributed by atoms with Gasteiger partial charge in [-0.25, -0.2) is 0 Å². The first-order valence-corrected chi connectivity index (χ1v) is 5.26. The van der Waals surface area contributed by atoms with E-state index in [0.29, 0.717) is 11.4 Å². The largest absolute Gasteiger partial charge is 0.459 e. The van der Waals surface area contributed by atoms with Gasteiger partial charge < -0.3 is 14.8 Å². The summed E-state index contributed by atoms with van der Waals surface area (Å²) in [6.45, 7) is 1.76. The van der Waals surface area contributed by atoms with Crippen LogP contribution in [0.5, 0.6) is 0 Å². The van der Waals surface area contributed by atoms with E-state index >= 15 is 0 Å². The molecule has 0 bridgehead atoms. The van der Waals surface area contributed by atoms with Crippen molar-refractivity contribution in [3.8, 4) is 0 Å². The third-order valence-electron chi connectivity index (χ3n) is 2.44. The lowest BCUT2D eigenvalue weighted by molar-refractivity contribution is 0.0996. The molecular weight excluding hydrogens is 218 g/mol. The normalized spacial score (nSPS) is 10.2. The Bertz CT molecular complexity index is 531. The van der Waals surface area contributed by atoms with Gasteiger partial charge in [-0.3, -0.25) is 4.79 Å². The standard InChI is InChI=1S/C13H13NO3/c1-9-5-6-17-12(9)13(16)14-11-4-2-3-10(7-11)8-15/h2-7,15H,8H2,1H3,(H,14,16). The first-order chi connectivity index (χ1) is 8.20. The van der Waals surface area contributed by atoms with Crippen LogP contribution in [0.25, 0.3) is 0 Å². The fourth-order valence-corrected chi connectivity index (χ4v) is 1.54. The lowest BCUT2D eigenvalue weighted by Crippen LogP contribution is -2.12. The third-order valence-corrected chi connectivity index (χ3v) is 2.44.